The van der Waals surface area contributed by atoms with Gasteiger partial charge < -0.3 is 20.3 Å². The van der Waals surface area contributed by atoms with Crippen LogP contribution >= 0.6 is 0 Å². The van der Waals surface area contributed by atoms with E-state index in [2.05, 4.69) is 5.32 Å². The van der Waals surface area contributed by atoms with Gasteiger partial charge in [-0.15, -0.1) is 0 Å². The molecule has 0 bridgehead atoms. The highest BCUT2D eigenvalue weighted by molar-refractivity contribution is 5.72. The first-order valence-corrected chi connectivity index (χ1v) is 6.00. The number of carbonyl (C=O) groups is 1. The normalized spacial score (nSPS) is 13.7. The number of ether oxygens (including phenoxy) is 1. The van der Waals surface area contributed by atoms with Gasteiger partial charge in [0.1, 0.15) is 11.9 Å². The Morgan fingerprint density at radius 2 is 2.05 bits per heavy atom. The zero-order chi connectivity index (χ0) is 15.3. The van der Waals surface area contributed by atoms with Crippen molar-refractivity contribution in [2.75, 3.05) is 13.7 Å². The third kappa shape index (κ3) is 4.14. The molecule has 1 aromatic carbocycles. The fraction of sp³-hybridized carbons (Fsp3) is 0.462. The summed E-state index contributed by atoms with van der Waals surface area (Å²) >= 11 is 0. The molecule has 0 radical (unpaired) electrons. The molecule has 1 rings (SSSR count). The molecule has 0 fully saturated rings. The van der Waals surface area contributed by atoms with Gasteiger partial charge in [-0.1, -0.05) is 0 Å². The lowest BCUT2D eigenvalue weighted by Gasteiger charge is -2.20. The van der Waals surface area contributed by atoms with Gasteiger partial charge in [-0.05, 0) is 12.5 Å². The smallest absolute Gasteiger partial charge is 0.216 e. The number of rotatable bonds is 6. The average Bonchev–Trinajstić information content (AvgIpc) is 2.36. The third-order valence-corrected chi connectivity index (χ3v) is 2.74. The van der Waals surface area contributed by atoms with E-state index in [9.17, 15) is 23.8 Å². The summed E-state index contributed by atoms with van der Waals surface area (Å²) in [5.74, 6) is -2.44. The van der Waals surface area contributed by atoms with Gasteiger partial charge in [0.05, 0.1) is 13.2 Å². The van der Waals surface area contributed by atoms with Crippen molar-refractivity contribution in [3.63, 3.8) is 0 Å². The van der Waals surface area contributed by atoms with E-state index in [0.717, 1.165) is 6.07 Å². The minimum Gasteiger partial charge on any atom is -0.493 e. The molecule has 2 atom stereocenters. The van der Waals surface area contributed by atoms with Crippen LogP contribution in [0.5, 0.6) is 5.75 Å². The quantitative estimate of drug-likeness (QED) is 0.727. The Morgan fingerprint density at radius 3 is 2.60 bits per heavy atom. The van der Waals surface area contributed by atoms with Crippen molar-refractivity contribution >= 4 is 5.91 Å². The second-order valence-electron chi connectivity index (χ2n) is 4.29. The lowest BCUT2D eigenvalue weighted by Crippen LogP contribution is -2.28. The monoisotopic (exact) mass is 289 g/mol. The molecule has 5 nitrogen and oxygen atoms in total. The highest BCUT2D eigenvalue weighted by Gasteiger charge is 2.24. The summed E-state index contributed by atoms with van der Waals surface area (Å²) < 4.78 is 31.4. The fourth-order valence-corrected chi connectivity index (χ4v) is 1.78. The summed E-state index contributed by atoms with van der Waals surface area (Å²) in [6.07, 6.45) is -2.79. The molecular weight excluding hydrogens is 272 g/mol. The van der Waals surface area contributed by atoms with Crippen molar-refractivity contribution < 1.29 is 28.5 Å². The molecule has 0 aliphatic rings. The summed E-state index contributed by atoms with van der Waals surface area (Å²) in [5, 5.41) is 22.2. The van der Waals surface area contributed by atoms with Crippen LogP contribution in [0.25, 0.3) is 0 Å². The summed E-state index contributed by atoms with van der Waals surface area (Å²) in [6, 6.07) is 1.52. The Morgan fingerprint density at radius 1 is 1.40 bits per heavy atom. The number of aliphatic hydroxyl groups is 2. The van der Waals surface area contributed by atoms with Crippen LogP contribution < -0.4 is 10.1 Å². The molecule has 0 aromatic heterocycles. The van der Waals surface area contributed by atoms with Crippen LogP contribution in [0.2, 0.25) is 0 Å². The topological polar surface area (TPSA) is 78.8 Å². The van der Waals surface area contributed by atoms with Gasteiger partial charge >= 0.3 is 0 Å². The first-order chi connectivity index (χ1) is 9.36. The first-order valence-electron chi connectivity index (χ1n) is 6.00. The van der Waals surface area contributed by atoms with Gasteiger partial charge in [0.25, 0.3) is 0 Å². The molecule has 3 N–H and O–H groups in total. The molecule has 0 aliphatic carbocycles. The average molecular weight is 289 g/mol. The van der Waals surface area contributed by atoms with E-state index in [0.29, 0.717) is 6.07 Å². The summed E-state index contributed by atoms with van der Waals surface area (Å²) in [7, 11) is 1.18. The number of nitrogens with one attached hydrogen (secondary N) is 1. The predicted octanol–water partition coefficient (Wildman–Crippen LogP) is 0.894. The third-order valence-electron chi connectivity index (χ3n) is 2.74. The number of hydrogen-bond acceptors (Lipinski definition) is 4. The Labute approximate surface area is 115 Å². The second kappa shape index (κ2) is 7.16. The maximum absolute atomic E-state index is 13.5. The first kappa shape index (κ1) is 16.3. The Balaban J connectivity index is 2.85. The van der Waals surface area contributed by atoms with E-state index in [4.69, 9.17) is 4.74 Å². The zero-order valence-electron chi connectivity index (χ0n) is 11.2. The van der Waals surface area contributed by atoms with Gasteiger partial charge in [-0.2, -0.15) is 0 Å². The van der Waals surface area contributed by atoms with Crippen molar-refractivity contribution in [3.05, 3.63) is 29.3 Å². The van der Waals surface area contributed by atoms with Gasteiger partial charge in [0.15, 0.2) is 11.6 Å². The molecule has 0 saturated heterocycles. The molecule has 7 heteroatoms. The molecule has 1 aromatic rings. The molecule has 1 amide bonds. The minimum absolute atomic E-state index is 0.0298. The van der Waals surface area contributed by atoms with Crippen LogP contribution in [0.4, 0.5) is 8.78 Å². The number of halogens is 2. The molecule has 0 heterocycles. The van der Waals surface area contributed by atoms with Crippen LogP contribution in [0, 0.1) is 11.6 Å². The molecule has 20 heavy (non-hydrogen) atoms. The Bertz CT molecular complexity index is 482. The highest BCUT2D eigenvalue weighted by Crippen LogP contribution is 2.31. The number of hydrogen-bond donors (Lipinski definition) is 3. The highest BCUT2D eigenvalue weighted by atomic mass is 19.1. The molecule has 0 spiro atoms. The fourth-order valence-electron chi connectivity index (χ4n) is 1.78. The van der Waals surface area contributed by atoms with Gasteiger partial charge in [-0.3, -0.25) is 4.79 Å². The van der Waals surface area contributed by atoms with Crippen molar-refractivity contribution in [2.24, 2.45) is 0 Å². The van der Waals surface area contributed by atoms with Crippen LogP contribution in [0.15, 0.2) is 12.1 Å². The molecule has 0 aliphatic heterocycles. The number of amides is 1. The molecule has 112 valence electrons. The van der Waals surface area contributed by atoms with E-state index in [1.165, 1.54) is 14.0 Å². The van der Waals surface area contributed by atoms with Gasteiger partial charge in [0, 0.05) is 25.1 Å². The maximum Gasteiger partial charge on any atom is 0.216 e. The van der Waals surface area contributed by atoms with Crippen molar-refractivity contribution in [1.29, 1.82) is 0 Å². The zero-order valence-corrected chi connectivity index (χ0v) is 11.2. The van der Waals surface area contributed by atoms with E-state index < -0.39 is 23.8 Å². The van der Waals surface area contributed by atoms with Crippen LogP contribution in [-0.2, 0) is 4.79 Å². The van der Waals surface area contributed by atoms with Crippen molar-refractivity contribution in [3.8, 4) is 5.75 Å². The van der Waals surface area contributed by atoms with Gasteiger partial charge in [-0.25, -0.2) is 8.78 Å². The largest absolute Gasteiger partial charge is 0.493 e. The van der Waals surface area contributed by atoms with E-state index in [1.54, 1.807) is 0 Å². The predicted molar refractivity (Wildman–Crippen MR) is 67.2 cm³/mol. The van der Waals surface area contributed by atoms with Gasteiger partial charge in [0.2, 0.25) is 5.91 Å². The van der Waals surface area contributed by atoms with E-state index >= 15 is 0 Å². The number of methoxy groups -OCH3 is 1. The Kier molecular flexibility index (Phi) is 5.84. The summed E-state index contributed by atoms with van der Waals surface area (Å²) in [4.78, 5) is 10.7. The molecule has 2 unspecified atom stereocenters. The van der Waals surface area contributed by atoms with E-state index in [1.807, 2.05) is 0 Å². The molecule has 0 saturated carbocycles. The molecular formula is C13H17F2NO4. The van der Waals surface area contributed by atoms with Crippen molar-refractivity contribution in [2.45, 2.75) is 25.6 Å². The maximum atomic E-state index is 13.5. The number of benzene rings is 1. The summed E-state index contributed by atoms with van der Waals surface area (Å²) in [6.45, 7) is 1.45. The minimum atomic E-state index is -1.52. The van der Waals surface area contributed by atoms with Crippen molar-refractivity contribution in [1.82, 2.24) is 5.32 Å². The SMILES string of the molecule is COc1c(F)cc(F)cc1C(O)C(O)CCNC(C)=O. The lowest BCUT2D eigenvalue weighted by molar-refractivity contribution is -0.119. The number of aliphatic hydroxyl groups excluding tert-OH is 2. The van der Waals surface area contributed by atoms with Crippen LogP contribution in [0.1, 0.15) is 25.0 Å². The standard InChI is InChI=1S/C13H17F2NO4/c1-7(17)16-4-3-11(18)12(19)9-5-8(14)6-10(15)13(9)20-2/h5-6,11-12,18-19H,3-4H2,1-2H3,(H,16,17). The Hall–Kier alpha value is -1.73. The summed E-state index contributed by atoms with van der Waals surface area (Å²) in [5.41, 5.74) is -0.180. The van der Waals surface area contributed by atoms with Crippen LogP contribution in [0.3, 0.4) is 0 Å². The van der Waals surface area contributed by atoms with E-state index in [-0.39, 0.29) is 30.2 Å². The second-order valence-corrected chi connectivity index (χ2v) is 4.29. The lowest BCUT2D eigenvalue weighted by atomic mass is 10.0. The van der Waals surface area contributed by atoms with Crippen LogP contribution in [-0.4, -0.2) is 35.9 Å². The number of carbonyl (C=O) groups excluding carboxylic acids is 1.